The van der Waals surface area contributed by atoms with Crippen LogP contribution in [0.25, 0.3) is 0 Å². The molecule has 1 aromatic rings. The van der Waals surface area contributed by atoms with Gasteiger partial charge in [0.15, 0.2) is 0 Å². The second-order valence-corrected chi connectivity index (χ2v) is 5.93. The Morgan fingerprint density at radius 3 is 2.25 bits per heavy atom. The first kappa shape index (κ1) is 14.9. The SMILES string of the molecule is CC1(C)OB(Cc2ccc([N+](=O)[O-])c(F)c2)OC1(C)C. The van der Waals surface area contributed by atoms with Crippen LogP contribution in [0, 0.1) is 15.9 Å². The third kappa shape index (κ3) is 2.69. The Balaban J connectivity index is 2.13. The van der Waals surface area contributed by atoms with Crippen molar-refractivity contribution in [3.05, 3.63) is 39.7 Å². The molecule has 0 aromatic heterocycles. The van der Waals surface area contributed by atoms with Gasteiger partial charge in [0.05, 0.1) is 16.1 Å². The predicted octanol–water partition coefficient (Wildman–Crippen LogP) is 2.91. The van der Waals surface area contributed by atoms with Gasteiger partial charge >= 0.3 is 12.8 Å². The highest BCUT2D eigenvalue weighted by atomic mass is 19.1. The standard InChI is InChI=1S/C13H17BFNO4/c1-12(2)13(3,4)20-14(19-12)8-9-5-6-11(16(17)18)10(15)7-9/h5-7H,8H2,1-4H3. The highest BCUT2D eigenvalue weighted by Gasteiger charge is 2.50. The molecule has 5 nitrogen and oxygen atoms in total. The first-order valence-electron chi connectivity index (χ1n) is 6.41. The van der Waals surface area contributed by atoms with Gasteiger partial charge in [-0.25, -0.2) is 0 Å². The van der Waals surface area contributed by atoms with Crippen molar-refractivity contribution in [1.82, 2.24) is 0 Å². The maximum Gasteiger partial charge on any atom is 0.462 e. The number of nitro benzene ring substituents is 1. The second-order valence-electron chi connectivity index (χ2n) is 5.93. The molecule has 1 fully saturated rings. The van der Waals surface area contributed by atoms with Crippen molar-refractivity contribution in [1.29, 1.82) is 0 Å². The van der Waals surface area contributed by atoms with Gasteiger partial charge in [-0.3, -0.25) is 10.1 Å². The Morgan fingerprint density at radius 2 is 1.80 bits per heavy atom. The molecule has 7 heteroatoms. The van der Waals surface area contributed by atoms with Crippen molar-refractivity contribution in [3.63, 3.8) is 0 Å². The molecule has 0 aliphatic carbocycles. The molecule has 0 unspecified atom stereocenters. The van der Waals surface area contributed by atoms with E-state index in [9.17, 15) is 14.5 Å². The number of hydrogen-bond acceptors (Lipinski definition) is 4. The summed E-state index contributed by atoms with van der Waals surface area (Å²) in [6, 6.07) is 3.84. The van der Waals surface area contributed by atoms with Gasteiger partial charge in [-0.2, -0.15) is 4.39 Å². The Labute approximate surface area is 117 Å². The minimum atomic E-state index is -0.844. The van der Waals surface area contributed by atoms with Crippen LogP contribution < -0.4 is 0 Å². The van der Waals surface area contributed by atoms with E-state index in [0.29, 0.717) is 11.9 Å². The molecule has 1 saturated heterocycles. The van der Waals surface area contributed by atoms with Crippen molar-refractivity contribution < 1.29 is 18.6 Å². The molecule has 0 saturated carbocycles. The average Bonchev–Trinajstić information content (AvgIpc) is 2.46. The summed E-state index contributed by atoms with van der Waals surface area (Å²) in [4.78, 5) is 9.82. The summed E-state index contributed by atoms with van der Waals surface area (Å²) < 4.78 is 25.2. The van der Waals surface area contributed by atoms with Gasteiger partial charge in [-0.15, -0.1) is 0 Å². The van der Waals surface area contributed by atoms with Crippen molar-refractivity contribution in [2.24, 2.45) is 0 Å². The van der Waals surface area contributed by atoms with Crippen LogP contribution in [0.1, 0.15) is 33.3 Å². The average molecular weight is 281 g/mol. The topological polar surface area (TPSA) is 61.6 Å². The van der Waals surface area contributed by atoms with E-state index < -0.39 is 34.7 Å². The van der Waals surface area contributed by atoms with Crippen LogP contribution in [0.3, 0.4) is 0 Å². The van der Waals surface area contributed by atoms with Crippen molar-refractivity contribution >= 4 is 12.8 Å². The zero-order chi connectivity index (χ0) is 15.1. The fourth-order valence-corrected chi connectivity index (χ4v) is 2.07. The first-order chi connectivity index (χ1) is 9.12. The van der Waals surface area contributed by atoms with Crippen LogP contribution >= 0.6 is 0 Å². The maximum absolute atomic E-state index is 13.6. The molecule has 0 N–H and O–H groups in total. The summed E-state index contributed by atoms with van der Waals surface area (Å²) in [6.45, 7) is 7.74. The normalized spacial score (nSPS) is 20.1. The highest BCUT2D eigenvalue weighted by molar-refractivity contribution is 6.45. The molecule has 1 aliphatic rings. The lowest BCUT2D eigenvalue weighted by molar-refractivity contribution is -0.387. The molecule has 0 radical (unpaired) electrons. The van der Waals surface area contributed by atoms with Gasteiger partial charge in [0.2, 0.25) is 5.82 Å². The van der Waals surface area contributed by atoms with E-state index in [0.717, 1.165) is 12.1 Å². The van der Waals surface area contributed by atoms with Crippen molar-refractivity contribution in [3.8, 4) is 0 Å². The van der Waals surface area contributed by atoms with Crippen LogP contribution in [0.15, 0.2) is 18.2 Å². The van der Waals surface area contributed by atoms with Crippen LogP contribution in [0.4, 0.5) is 10.1 Å². The third-order valence-corrected chi connectivity index (χ3v) is 3.91. The molecule has 2 rings (SSSR count). The summed E-state index contributed by atoms with van der Waals surface area (Å²) in [6.07, 6.45) is 0.349. The second kappa shape index (κ2) is 4.82. The Morgan fingerprint density at radius 1 is 1.25 bits per heavy atom. The van der Waals surface area contributed by atoms with E-state index in [4.69, 9.17) is 9.31 Å². The largest absolute Gasteiger partial charge is 0.462 e. The Hall–Kier alpha value is -1.47. The Bertz CT molecular complexity index is 531. The number of rotatable bonds is 3. The quantitative estimate of drug-likeness (QED) is 0.485. The lowest BCUT2D eigenvalue weighted by atomic mass is 9.81. The number of nitrogens with zero attached hydrogens (tertiary/aromatic N) is 1. The fraction of sp³-hybridized carbons (Fsp3) is 0.538. The van der Waals surface area contributed by atoms with Gasteiger partial charge in [-0.05, 0) is 39.3 Å². The number of benzene rings is 1. The molecule has 108 valence electrons. The van der Waals surface area contributed by atoms with Gasteiger partial charge in [0, 0.05) is 12.4 Å². The summed E-state index contributed by atoms with van der Waals surface area (Å²) in [5.41, 5.74) is -0.817. The minimum Gasteiger partial charge on any atom is -0.403 e. The summed E-state index contributed by atoms with van der Waals surface area (Å²) in [7, 11) is -0.485. The molecule has 1 aromatic carbocycles. The monoisotopic (exact) mass is 281 g/mol. The van der Waals surface area contributed by atoms with E-state index in [2.05, 4.69) is 0 Å². The van der Waals surface area contributed by atoms with E-state index >= 15 is 0 Å². The van der Waals surface area contributed by atoms with Gasteiger partial charge < -0.3 is 9.31 Å². The molecular weight excluding hydrogens is 264 g/mol. The summed E-state index contributed by atoms with van der Waals surface area (Å²) >= 11 is 0. The maximum atomic E-state index is 13.6. The van der Waals surface area contributed by atoms with Crippen LogP contribution in [0.2, 0.25) is 0 Å². The van der Waals surface area contributed by atoms with Crippen LogP contribution in [0.5, 0.6) is 0 Å². The zero-order valence-corrected chi connectivity index (χ0v) is 12.0. The van der Waals surface area contributed by atoms with Gasteiger partial charge in [-0.1, -0.05) is 6.07 Å². The van der Waals surface area contributed by atoms with E-state index in [1.807, 2.05) is 27.7 Å². The smallest absolute Gasteiger partial charge is 0.403 e. The molecule has 0 spiro atoms. The highest BCUT2D eigenvalue weighted by Crippen LogP contribution is 2.37. The minimum absolute atomic E-state index is 0.349. The molecule has 1 heterocycles. The lowest BCUT2D eigenvalue weighted by Crippen LogP contribution is -2.41. The van der Waals surface area contributed by atoms with Crippen molar-refractivity contribution in [2.45, 2.75) is 45.2 Å². The van der Waals surface area contributed by atoms with Gasteiger partial charge in [0.25, 0.3) is 0 Å². The number of hydrogen-bond donors (Lipinski definition) is 0. The zero-order valence-electron chi connectivity index (χ0n) is 12.0. The molecule has 0 amide bonds. The fourth-order valence-electron chi connectivity index (χ4n) is 2.07. The van der Waals surface area contributed by atoms with Crippen LogP contribution in [-0.4, -0.2) is 23.2 Å². The van der Waals surface area contributed by atoms with Gasteiger partial charge in [0.1, 0.15) is 0 Å². The molecule has 1 aliphatic heterocycles. The summed E-state index contributed by atoms with van der Waals surface area (Å²) in [5, 5.41) is 10.6. The van der Waals surface area contributed by atoms with E-state index in [-0.39, 0.29) is 0 Å². The third-order valence-electron chi connectivity index (χ3n) is 3.91. The van der Waals surface area contributed by atoms with Crippen molar-refractivity contribution in [2.75, 3.05) is 0 Å². The van der Waals surface area contributed by atoms with E-state index in [1.165, 1.54) is 6.07 Å². The number of nitro groups is 1. The lowest BCUT2D eigenvalue weighted by Gasteiger charge is -2.32. The summed E-state index contributed by atoms with van der Waals surface area (Å²) in [5.74, 6) is -0.844. The molecule has 20 heavy (non-hydrogen) atoms. The first-order valence-corrected chi connectivity index (χ1v) is 6.41. The Kier molecular flexibility index (Phi) is 3.60. The van der Waals surface area contributed by atoms with E-state index in [1.54, 1.807) is 0 Å². The molecule has 0 bridgehead atoms. The number of halogens is 1. The van der Waals surface area contributed by atoms with Crippen LogP contribution in [-0.2, 0) is 15.6 Å². The molecular formula is C13H17BFNO4. The molecule has 0 atom stereocenters. The predicted molar refractivity (Wildman–Crippen MR) is 72.8 cm³/mol.